The molecule has 0 aliphatic carbocycles. The number of hydrogen-bond donors (Lipinski definition) is 1. The first-order valence-electron chi connectivity index (χ1n) is 10.0. The number of allylic oxidation sites excluding steroid dienone is 1. The van der Waals surface area contributed by atoms with Crippen molar-refractivity contribution in [3.8, 4) is 0 Å². The number of fused-ring (bicyclic) bond motifs is 1. The molecule has 1 saturated heterocycles. The first-order valence-corrected chi connectivity index (χ1v) is 12.2. The molecule has 0 radical (unpaired) electrons. The lowest BCUT2D eigenvalue weighted by molar-refractivity contribution is -0.113. The molecule has 1 aromatic carbocycles. The summed E-state index contributed by atoms with van der Waals surface area (Å²) < 4.78 is 2.08. The van der Waals surface area contributed by atoms with Gasteiger partial charge in [0.05, 0.1) is 5.75 Å². The summed E-state index contributed by atoms with van der Waals surface area (Å²) in [4.78, 5) is 37.0. The Hall–Kier alpha value is -2.36. The molecule has 0 saturated carbocycles. The molecule has 4 rings (SSSR count). The van der Waals surface area contributed by atoms with Gasteiger partial charge in [0.2, 0.25) is 5.91 Å². The number of nitrogens with zero attached hydrogens (tertiary/aromatic N) is 4. The Morgan fingerprint density at radius 2 is 2.10 bits per heavy atom. The van der Waals surface area contributed by atoms with E-state index in [-0.39, 0.29) is 17.2 Å². The summed E-state index contributed by atoms with van der Waals surface area (Å²) in [5.74, 6) is -0.107. The summed E-state index contributed by atoms with van der Waals surface area (Å²) in [7, 11) is 0. The van der Waals surface area contributed by atoms with Crippen molar-refractivity contribution < 1.29 is 4.79 Å². The van der Waals surface area contributed by atoms with Crippen LogP contribution >= 0.6 is 34.7 Å². The van der Waals surface area contributed by atoms with E-state index < -0.39 is 0 Å². The molecule has 1 aliphatic rings. The maximum atomic E-state index is 13.1. The van der Waals surface area contributed by atoms with Gasteiger partial charge < -0.3 is 10.2 Å². The third-order valence-electron chi connectivity index (χ3n) is 4.85. The molecule has 31 heavy (non-hydrogen) atoms. The molecule has 7 nitrogen and oxygen atoms in total. The Morgan fingerprint density at radius 1 is 1.29 bits per heavy atom. The molecular weight excluding hydrogens is 454 g/mol. The molecule has 2 aromatic heterocycles. The van der Waals surface area contributed by atoms with Crippen LogP contribution in [-0.2, 0) is 11.3 Å². The van der Waals surface area contributed by atoms with Crippen molar-refractivity contribution in [1.29, 1.82) is 0 Å². The lowest BCUT2D eigenvalue weighted by atomic mass is 10.1. The number of benzene rings is 1. The van der Waals surface area contributed by atoms with Crippen LogP contribution < -0.4 is 15.8 Å². The van der Waals surface area contributed by atoms with Gasteiger partial charge in [-0.05, 0) is 37.5 Å². The van der Waals surface area contributed by atoms with Gasteiger partial charge in [-0.1, -0.05) is 46.8 Å². The Morgan fingerprint density at radius 3 is 2.84 bits per heavy atom. The minimum absolute atomic E-state index is 0.102. The highest BCUT2D eigenvalue weighted by molar-refractivity contribution is 7.99. The van der Waals surface area contributed by atoms with Crippen molar-refractivity contribution >= 4 is 61.8 Å². The average molecular weight is 476 g/mol. The largest absolute Gasteiger partial charge is 0.348 e. The predicted octanol–water partition coefficient (Wildman–Crippen LogP) is 4.41. The van der Waals surface area contributed by atoms with Crippen molar-refractivity contribution in [2.75, 3.05) is 29.1 Å². The third-order valence-corrected chi connectivity index (χ3v) is 7.15. The zero-order chi connectivity index (χ0) is 21.8. The van der Waals surface area contributed by atoms with Crippen molar-refractivity contribution in [3.05, 3.63) is 52.3 Å². The Labute approximate surface area is 193 Å². The van der Waals surface area contributed by atoms with Crippen molar-refractivity contribution in [3.63, 3.8) is 0 Å². The maximum Gasteiger partial charge on any atom is 0.274 e. The number of hydrogen-bond acceptors (Lipinski definition) is 7. The average Bonchev–Trinajstić information content (AvgIpc) is 3.20. The van der Waals surface area contributed by atoms with Gasteiger partial charge in [-0.2, -0.15) is 4.98 Å². The number of aromatic nitrogens is 3. The number of thioether (sulfide) groups is 1. The topological polar surface area (TPSA) is 80.1 Å². The van der Waals surface area contributed by atoms with Gasteiger partial charge in [-0.25, -0.2) is 4.98 Å². The molecule has 3 heterocycles. The fourth-order valence-corrected chi connectivity index (χ4v) is 5.38. The molecule has 0 bridgehead atoms. The van der Waals surface area contributed by atoms with E-state index in [4.69, 9.17) is 11.6 Å². The molecule has 1 aliphatic heterocycles. The molecule has 1 fully saturated rings. The number of thiazole rings is 1. The van der Waals surface area contributed by atoms with Gasteiger partial charge in [0, 0.05) is 30.3 Å². The Kier molecular flexibility index (Phi) is 6.94. The van der Waals surface area contributed by atoms with Gasteiger partial charge in [-0.15, -0.1) is 6.58 Å². The van der Waals surface area contributed by atoms with E-state index in [1.165, 1.54) is 29.5 Å². The predicted molar refractivity (Wildman–Crippen MR) is 129 cm³/mol. The monoisotopic (exact) mass is 475 g/mol. The number of nitrogens with one attached hydrogen (secondary N) is 1. The highest BCUT2D eigenvalue weighted by Gasteiger charge is 2.20. The van der Waals surface area contributed by atoms with Crippen LogP contribution in [0.4, 0.5) is 10.8 Å². The third kappa shape index (κ3) is 5.11. The van der Waals surface area contributed by atoms with Crippen molar-refractivity contribution in [1.82, 2.24) is 14.5 Å². The molecular formula is C21H22ClN5O2S2. The first kappa shape index (κ1) is 21.9. The summed E-state index contributed by atoms with van der Waals surface area (Å²) in [6.45, 7) is 5.96. The second-order valence-corrected chi connectivity index (χ2v) is 9.50. The highest BCUT2D eigenvalue weighted by Crippen LogP contribution is 2.29. The summed E-state index contributed by atoms with van der Waals surface area (Å²) in [6.07, 6.45) is 5.14. The maximum absolute atomic E-state index is 13.1. The molecule has 1 N–H and O–H groups in total. The van der Waals surface area contributed by atoms with Crippen LogP contribution in [0, 0.1) is 0 Å². The number of carbonyl (C=O) groups is 1. The second-order valence-electron chi connectivity index (χ2n) is 7.14. The van der Waals surface area contributed by atoms with E-state index in [9.17, 15) is 9.59 Å². The van der Waals surface area contributed by atoms with Crippen LogP contribution in [0.5, 0.6) is 0 Å². The Balaban J connectivity index is 1.56. The lowest BCUT2D eigenvalue weighted by Crippen LogP contribution is -2.29. The molecule has 162 valence electrons. The summed E-state index contributed by atoms with van der Waals surface area (Å²) in [5, 5.41) is 4.64. The normalized spacial score (nSPS) is 14.0. The van der Waals surface area contributed by atoms with Crippen LogP contribution in [0.3, 0.4) is 0 Å². The van der Waals surface area contributed by atoms with Crippen LogP contribution in [0.15, 0.2) is 46.9 Å². The standard InChI is InChI=1S/C21H22ClN5O2S2/c1-2-9-27-19(29)17-18(24-20(31-17)26-10-4-3-5-11-26)25-21(27)30-13-16(28)23-15-8-6-7-14(22)12-15/h2,6-8,12H,1,3-5,9-11,13H2,(H,23,28). The zero-order valence-corrected chi connectivity index (χ0v) is 19.2. The van der Waals surface area contributed by atoms with E-state index in [1.54, 1.807) is 34.9 Å². The number of rotatable bonds is 7. The van der Waals surface area contributed by atoms with Crippen LogP contribution in [0.2, 0.25) is 5.02 Å². The van der Waals surface area contributed by atoms with E-state index in [1.807, 2.05) is 0 Å². The number of halogens is 1. The summed E-state index contributed by atoms with van der Waals surface area (Å²) in [5.41, 5.74) is 0.910. The second kappa shape index (κ2) is 9.84. The van der Waals surface area contributed by atoms with Gasteiger partial charge in [0.25, 0.3) is 5.56 Å². The van der Waals surface area contributed by atoms with Crippen LogP contribution in [-0.4, -0.2) is 39.3 Å². The molecule has 0 unspecified atom stereocenters. The SMILES string of the molecule is C=CCn1c(SCC(=O)Nc2cccc(Cl)c2)nc2nc(N3CCCCC3)sc2c1=O. The Bertz CT molecular complexity index is 1170. The summed E-state index contributed by atoms with van der Waals surface area (Å²) >= 11 is 8.56. The van der Waals surface area contributed by atoms with Gasteiger partial charge in [-0.3, -0.25) is 14.2 Å². The minimum atomic E-state index is -0.209. The number of anilines is 2. The molecule has 0 spiro atoms. The molecule has 0 atom stereocenters. The summed E-state index contributed by atoms with van der Waals surface area (Å²) in [6, 6.07) is 6.96. The van der Waals surface area contributed by atoms with E-state index >= 15 is 0 Å². The molecule has 3 aromatic rings. The van der Waals surface area contributed by atoms with Crippen LogP contribution in [0.25, 0.3) is 10.3 Å². The lowest BCUT2D eigenvalue weighted by Gasteiger charge is -2.25. The quantitative estimate of drug-likeness (QED) is 0.309. The number of amides is 1. The number of piperidine rings is 1. The molecule has 1 amide bonds. The van der Waals surface area contributed by atoms with Gasteiger partial charge in [0.1, 0.15) is 4.70 Å². The zero-order valence-electron chi connectivity index (χ0n) is 16.8. The van der Waals surface area contributed by atoms with Crippen molar-refractivity contribution in [2.45, 2.75) is 31.0 Å². The fraction of sp³-hybridized carbons (Fsp3) is 0.333. The van der Waals surface area contributed by atoms with Crippen LogP contribution in [0.1, 0.15) is 19.3 Å². The highest BCUT2D eigenvalue weighted by atomic mass is 35.5. The van der Waals surface area contributed by atoms with Gasteiger partial charge >= 0.3 is 0 Å². The smallest absolute Gasteiger partial charge is 0.274 e. The van der Waals surface area contributed by atoms with Gasteiger partial charge in [0.15, 0.2) is 15.9 Å². The molecule has 10 heteroatoms. The minimum Gasteiger partial charge on any atom is -0.348 e. The first-order chi connectivity index (χ1) is 15.0. The van der Waals surface area contributed by atoms with E-state index in [0.717, 1.165) is 31.1 Å². The number of carbonyl (C=O) groups excluding carboxylic acids is 1. The van der Waals surface area contributed by atoms with E-state index in [2.05, 4.69) is 26.8 Å². The van der Waals surface area contributed by atoms with Crippen molar-refractivity contribution in [2.24, 2.45) is 0 Å². The fourth-order valence-electron chi connectivity index (χ4n) is 3.39. The van der Waals surface area contributed by atoms with E-state index in [0.29, 0.717) is 32.8 Å².